The molecule has 0 aliphatic heterocycles. The summed E-state index contributed by atoms with van der Waals surface area (Å²) >= 11 is 5.34. The number of methoxy groups -OCH3 is 1. The van der Waals surface area contributed by atoms with Crippen LogP contribution in [-0.4, -0.2) is 24.0 Å². The summed E-state index contributed by atoms with van der Waals surface area (Å²) in [6.07, 6.45) is 0. The molecule has 0 saturated heterocycles. The summed E-state index contributed by atoms with van der Waals surface area (Å²) in [6.45, 7) is 0.391. The highest BCUT2D eigenvalue weighted by Gasteiger charge is 2.16. The second kappa shape index (κ2) is 12.1. The van der Waals surface area contributed by atoms with Crippen LogP contribution in [0.25, 0.3) is 11.0 Å². The van der Waals surface area contributed by atoms with Crippen LogP contribution in [0.1, 0.15) is 26.5 Å². The molecule has 0 bridgehead atoms. The van der Waals surface area contributed by atoms with Crippen LogP contribution in [-0.2, 0) is 6.61 Å². The number of amides is 2. The Kier molecular flexibility index (Phi) is 8.03. The van der Waals surface area contributed by atoms with E-state index < -0.39 is 5.91 Å². The van der Waals surface area contributed by atoms with Crippen molar-refractivity contribution in [1.29, 1.82) is 0 Å². The van der Waals surface area contributed by atoms with E-state index in [1.54, 1.807) is 54.6 Å². The predicted molar refractivity (Wildman–Crippen MR) is 158 cm³/mol. The molecule has 0 fully saturated rings. The molecule has 0 spiro atoms. The highest BCUT2D eigenvalue weighted by molar-refractivity contribution is 7.80. The predicted octanol–water partition coefficient (Wildman–Crippen LogP) is 6.40. The summed E-state index contributed by atoms with van der Waals surface area (Å²) in [7, 11) is 1.49. The molecular weight excluding hydrogens is 526 g/mol. The molecule has 40 heavy (non-hydrogen) atoms. The SMILES string of the molecule is COc1cc(NC(=S)NC(=O)c2cccc(OCc3ccccc3)c2)ccc1NC(=O)c1cc2ccccc2o1. The second-order valence-electron chi connectivity index (χ2n) is 8.73. The third kappa shape index (κ3) is 6.46. The largest absolute Gasteiger partial charge is 0.494 e. The first-order chi connectivity index (χ1) is 19.5. The van der Waals surface area contributed by atoms with Gasteiger partial charge in [0.15, 0.2) is 10.9 Å². The van der Waals surface area contributed by atoms with Crippen LogP contribution < -0.4 is 25.4 Å². The molecular formula is C31H25N3O5S. The van der Waals surface area contributed by atoms with E-state index in [2.05, 4.69) is 16.0 Å². The number of furan rings is 1. The van der Waals surface area contributed by atoms with E-state index in [4.69, 9.17) is 26.1 Å². The van der Waals surface area contributed by atoms with Gasteiger partial charge in [-0.05, 0) is 60.2 Å². The average molecular weight is 552 g/mol. The molecule has 0 aliphatic rings. The van der Waals surface area contributed by atoms with Gasteiger partial charge in [0.1, 0.15) is 23.7 Å². The number of carbonyl (C=O) groups is 2. The number of rotatable bonds is 8. The maximum Gasteiger partial charge on any atom is 0.291 e. The Hall–Kier alpha value is -5.15. The van der Waals surface area contributed by atoms with Crippen LogP contribution >= 0.6 is 12.2 Å². The van der Waals surface area contributed by atoms with Crippen LogP contribution in [0.5, 0.6) is 11.5 Å². The number of carbonyl (C=O) groups excluding carboxylic acids is 2. The lowest BCUT2D eigenvalue weighted by molar-refractivity contribution is 0.0974. The Bertz CT molecular complexity index is 1650. The molecule has 5 aromatic rings. The molecule has 9 heteroatoms. The van der Waals surface area contributed by atoms with E-state index in [1.165, 1.54) is 7.11 Å². The number of hydrogen-bond acceptors (Lipinski definition) is 6. The minimum absolute atomic E-state index is 0.0988. The van der Waals surface area contributed by atoms with Crippen LogP contribution in [0.15, 0.2) is 108 Å². The van der Waals surface area contributed by atoms with Gasteiger partial charge in [0.25, 0.3) is 11.8 Å². The monoisotopic (exact) mass is 551 g/mol. The first-order valence-corrected chi connectivity index (χ1v) is 12.8. The number of anilines is 2. The molecule has 200 valence electrons. The third-order valence-electron chi connectivity index (χ3n) is 5.93. The topological polar surface area (TPSA) is 102 Å². The molecule has 1 heterocycles. The van der Waals surface area contributed by atoms with Gasteiger partial charge in [0, 0.05) is 22.7 Å². The van der Waals surface area contributed by atoms with Gasteiger partial charge in [-0.3, -0.25) is 14.9 Å². The van der Waals surface area contributed by atoms with Crippen LogP contribution in [0, 0.1) is 0 Å². The summed E-state index contributed by atoms with van der Waals surface area (Å²) in [5.74, 6) is 0.355. The maximum absolute atomic E-state index is 12.8. The normalized spacial score (nSPS) is 10.5. The molecule has 1 aromatic heterocycles. The quantitative estimate of drug-likeness (QED) is 0.192. The zero-order valence-corrected chi connectivity index (χ0v) is 22.3. The van der Waals surface area contributed by atoms with Crippen molar-refractivity contribution in [3.05, 3.63) is 120 Å². The molecule has 5 rings (SSSR count). The van der Waals surface area contributed by atoms with E-state index in [-0.39, 0.29) is 16.8 Å². The molecule has 0 radical (unpaired) electrons. The van der Waals surface area contributed by atoms with Crippen molar-refractivity contribution in [2.45, 2.75) is 6.61 Å². The number of thiocarbonyl (C=S) groups is 1. The van der Waals surface area contributed by atoms with E-state index in [9.17, 15) is 9.59 Å². The lowest BCUT2D eigenvalue weighted by Crippen LogP contribution is -2.34. The summed E-state index contributed by atoms with van der Waals surface area (Å²) in [5.41, 5.74) is 3.06. The van der Waals surface area contributed by atoms with Gasteiger partial charge < -0.3 is 24.5 Å². The molecule has 3 N–H and O–H groups in total. The summed E-state index contributed by atoms with van der Waals surface area (Å²) in [4.78, 5) is 25.5. The van der Waals surface area contributed by atoms with Crippen molar-refractivity contribution in [3.8, 4) is 11.5 Å². The maximum atomic E-state index is 12.8. The highest BCUT2D eigenvalue weighted by Crippen LogP contribution is 2.29. The summed E-state index contributed by atoms with van der Waals surface area (Å²) in [5, 5.41) is 9.36. The standard InChI is InChI=1S/C31H25N3O5S/c1-37-27-18-23(14-15-25(27)33-30(36)28-17-21-10-5-6-13-26(21)39-28)32-31(40)34-29(35)22-11-7-12-24(16-22)38-19-20-8-3-2-4-9-20/h2-18H,19H2,1H3,(H,33,36)(H2,32,34,35,40). The van der Waals surface area contributed by atoms with Gasteiger partial charge in [0.05, 0.1) is 12.8 Å². The fraction of sp³-hybridized carbons (Fsp3) is 0.0645. The summed E-state index contributed by atoms with van der Waals surface area (Å²) in [6, 6.07) is 30.7. The molecule has 0 unspecified atom stereocenters. The van der Waals surface area contributed by atoms with Crippen molar-refractivity contribution in [2.75, 3.05) is 17.7 Å². The number of benzene rings is 4. The Morgan fingerprint density at radius 3 is 2.42 bits per heavy atom. The molecule has 0 atom stereocenters. The zero-order chi connectivity index (χ0) is 27.9. The van der Waals surface area contributed by atoms with Gasteiger partial charge in [-0.15, -0.1) is 0 Å². The van der Waals surface area contributed by atoms with E-state index in [1.807, 2.05) is 48.5 Å². The Balaban J connectivity index is 1.19. The van der Waals surface area contributed by atoms with Gasteiger partial charge in [-0.2, -0.15) is 0 Å². The smallest absolute Gasteiger partial charge is 0.291 e. The fourth-order valence-corrected chi connectivity index (χ4v) is 4.17. The lowest BCUT2D eigenvalue weighted by Gasteiger charge is -2.14. The highest BCUT2D eigenvalue weighted by atomic mass is 32.1. The van der Waals surface area contributed by atoms with Crippen LogP contribution in [0.4, 0.5) is 11.4 Å². The van der Waals surface area contributed by atoms with Gasteiger partial charge in [-0.1, -0.05) is 54.6 Å². The van der Waals surface area contributed by atoms with Gasteiger partial charge >= 0.3 is 0 Å². The minimum atomic E-state index is -0.409. The van der Waals surface area contributed by atoms with Gasteiger partial charge in [0.2, 0.25) is 0 Å². The molecule has 8 nitrogen and oxygen atoms in total. The Morgan fingerprint density at radius 2 is 1.62 bits per heavy atom. The molecule has 4 aromatic carbocycles. The Labute approximate surface area is 235 Å². The molecule has 2 amide bonds. The fourth-order valence-electron chi connectivity index (χ4n) is 3.96. The van der Waals surface area contributed by atoms with Crippen molar-refractivity contribution in [1.82, 2.24) is 5.32 Å². The third-order valence-corrected chi connectivity index (χ3v) is 6.13. The average Bonchev–Trinajstić information content (AvgIpc) is 3.42. The number of para-hydroxylation sites is 1. The van der Waals surface area contributed by atoms with E-state index in [0.717, 1.165) is 10.9 Å². The van der Waals surface area contributed by atoms with Crippen molar-refractivity contribution in [2.24, 2.45) is 0 Å². The van der Waals surface area contributed by atoms with Crippen molar-refractivity contribution in [3.63, 3.8) is 0 Å². The Morgan fingerprint density at radius 1 is 0.825 bits per heavy atom. The first-order valence-electron chi connectivity index (χ1n) is 12.4. The van der Waals surface area contributed by atoms with E-state index in [0.29, 0.717) is 40.6 Å². The number of fused-ring (bicyclic) bond motifs is 1. The first kappa shape index (κ1) is 26.5. The van der Waals surface area contributed by atoms with Crippen LogP contribution in [0.3, 0.4) is 0 Å². The number of hydrogen-bond donors (Lipinski definition) is 3. The van der Waals surface area contributed by atoms with Crippen molar-refractivity contribution >= 4 is 51.5 Å². The van der Waals surface area contributed by atoms with Gasteiger partial charge in [-0.25, -0.2) is 0 Å². The molecule has 0 saturated carbocycles. The number of ether oxygens (including phenoxy) is 2. The lowest BCUT2D eigenvalue weighted by atomic mass is 10.2. The second-order valence-corrected chi connectivity index (χ2v) is 9.14. The number of nitrogens with one attached hydrogen (secondary N) is 3. The van der Waals surface area contributed by atoms with Crippen molar-refractivity contribution < 1.29 is 23.5 Å². The summed E-state index contributed by atoms with van der Waals surface area (Å²) < 4.78 is 16.9. The van der Waals surface area contributed by atoms with E-state index >= 15 is 0 Å². The molecule has 0 aliphatic carbocycles. The zero-order valence-electron chi connectivity index (χ0n) is 21.5. The van der Waals surface area contributed by atoms with Crippen LogP contribution in [0.2, 0.25) is 0 Å². The minimum Gasteiger partial charge on any atom is -0.494 e.